The van der Waals surface area contributed by atoms with Crippen molar-refractivity contribution in [1.82, 2.24) is 0 Å². The van der Waals surface area contributed by atoms with E-state index in [1.54, 1.807) is 0 Å². The highest BCUT2D eigenvalue weighted by molar-refractivity contribution is 14.1. The second-order valence-corrected chi connectivity index (χ2v) is 7.04. The van der Waals surface area contributed by atoms with Crippen LogP contribution in [0.5, 0.6) is 0 Å². The summed E-state index contributed by atoms with van der Waals surface area (Å²) < 4.78 is 1.42. The van der Waals surface area contributed by atoms with Crippen molar-refractivity contribution in [2.24, 2.45) is 0 Å². The van der Waals surface area contributed by atoms with E-state index in [1.807, 2.05) is 0 Å². The number of aryl methyl sites for hydroxylation is 2. The van der Waals surface area contributed by atoms with Gasteiger partial charge in [-0.25, -0.2) is 0 Å². The Hall–Kier alpha value is 0.680. The summed E-state index contributed by atoms with van der Waals surface area (Å²) in [5, 5.41) is 0. The van der Waals surface area contributed by atoms with E-state index in [2.05, 4.69) is 84.2 Å². The first kappa shape index (κ1) is 12.7. The fraction of sp³-hybridized carbons (Fsp3) is 0.500. The normalized spacial score (nSPS) is 15.2. The molecule has 1 atom stereocenters. The molecule has 0 saturated carbocycles. The summed E-state index contributed by atoms with van der Waals surface area (Å²) in [6.45, 7) is 6.70. The summed E-state index contributed by atoms with van der Waals surface area (Å²) in [6, 6.07) is 6.94. The summed E-state index contributed by atoms with van der Waals surface area (Å²) in [6.07, 6.45) is 1.13. The molecule has 0 aliphatic heterocycles. The van der Waals surface area contributed by atoms with Crippen molar-refractivity contribution in [1.29, 1.82) is 0 Å². The van der Waals surface area contributed by atoms with Crippen LogP contribution in [0.25, 0.3) is 0 Å². The van der Waals surface area contributed by atoms with Crippen LogP contribution in [0.1, 0.15) is 30.5 Å². The maximum Gasteiger partial charge on any atom is 0.0531 e. The van der Waals surface area contributed by atoms with Crippen molar-refractivity contribution < 1.29 is 0 Å². The Balaban J connectivity index is 3.15. The van der Waals surface area contributed by atoms with Crippen LogP contribution in [0, 0.1) is 6.92 Å². The van der Waals surface area contributed by atoms with Gasteiger partial charge in [0.25, 0.3) is 0 Å². The lowest BCUT2D eigenvalue weighted by atomic mass is 9.97. The number of alkyl halides is 2. The summed E-state index contributed by atoms with van der Waals surface area (Å²) in [7, 11) is 0. The predicted molar refractivity (Wildman–Crippen MR) is 80.8 cm³/mol. The van der Waals surface area contributed by atoms with E-state index in [-0.39, 0.29) is 3.42 Å². The third kappa shape index (κ3) is 3.08. The van der Waals surface area contributed by atoms with Crippen LogP contribution in [0.3, 0.4) is 0 Å². The Morgan fingerprint density at radius 2 is 1.93 bits per heavy atom. The topological polar surface area (TPSA) is 0 Å². The molecule has 0 spiro atoms. The number of hydrogen-bond acceptors (Lipinski definition) is 0. The largest absolute Gasteiger partial charge is 0.0846 e. The van der Waals surface area contributed by atoms with Crippen molar-refractivity contribution in [3.63, 3.8) is 0 Å². The molecule has 0 heterocycles. The molecule has 0 radical (unpaired) electrons. The smallest absolute Gasteiger partial charge is 0.0531 e. The third-order valence-electron chi connectivity index (χ3n) is 2.40. The van der Waals surface area contributed by atoms with Crippen LogP contribution in [0.4, 0.5) is 0 Å². The second-order valence-electron chi connectivity index (χ2n) is 3.89. The van der Waals surface area contributed by atoms with E-state index < -0.39 is 0 Å². The maximum absolute atomic E-state index is 2.55. The van der Waals surface area contributed by atoms with Gasteiger partial charge in [0, 0.05) is 4.43 Å². The quantitative estimate of drug-likeness (QED) is 0.500. The minimum atomic E-state index is 0.272. The molecule has 0 bridgehead atoms. The fourth-order valence-corrected chi connectivity index (χ4v) is 2.20. The summed E-state index contributed by atoms with van der Waals surface area (Å²) in [5.74, 6) is 0. The molecule has 1 rings (SSSR count). The van der Waals surface area contributed by atoms with E-state index >= 15 is 0 Å². The van der Waals surface area contributed by atoms with E-state index in [0.29, 0.717) is 0 Å². The van der Waals surface area contributed by atoms with Crippen LogP contribution in [0.2, 0.25) is 0 Å². The van der Waals surface area contributed by atoms with Gasteiger partial charge in [0.1, 0.15) is 0 Å². The molecule has 0 amide bonds. The molecule has 0 unspecified atom stereocenters. The van der Waals surface area contributed by atoms with E-state index in [0.717, 1.165) is 10.8 Å². The molecule has 1 aromatic rings. The van der Waals surface area contributed by atoms with Gasteiger partial charge >= 0.3 is 0 Å². The lowest BCUT2D eigenvalue weighted by Crippen LogP contribution is -2.14. The Labute approximate surface area is 114 Å². The monoisotopic (exact) mass is 414 g/mol. The molecule has 0 fully saturated rings. The molecule has 0 aliphatic rings. The molecule has 1 aromatic carbocycles. The molecule has 78 valence electrons. The molecule has 0 N–H and O–H groups in total. The molecular formula is C12H16I2. The lowest BCUT2D eigenvalue weighted by molar-refractivity contribution is 0.849. The minimum absolute atomic E-state index is 0.272. The Kier molecular flexibility index (Phi) is 4.68. The summed E-state index contributed by atoms with van der Waals surface area (Å²) in [5.41, 5.74) is 4.30. The van der Waals surface area contributed by atoms with Gasteiger partial charge in [-0.3, -0.25) is 0 Å². The van der Waals surface area contributed by atoms with E-state index in [4.69, 9.17) is 0 Å². The predicted octanol–water partition coefficient (Wildman–Crippen LogP) is 4.64. The number of rotatable bonds is 3. The first-order valence-electron chi connectivity index (χ1n) is 4.85. The molecule has 14 heavy (non-hydrogen) atoms. The van der Waals surface area contributed by atoms with Crippen LogP contribution >= 0.6 is 45.2 Å². The van der Waals surface area contributed by atoms with Gasteiger partial charge in [-0.15, -0.1) is 0 Å². The van der Waals surface area contributed by atoms with Crippen LogP contribution in [-0.4, -0.2) is 4.43 Å². The SMILES string of the molecule is CCc1cc(C)cc([C@](C)(I)CI)c1. The average Bonchev–Trinajstić information content (AvgIpc) is 2.16. The van der Waals surface area contributed by atoms with Gasteiger partial charge in [0.05, 0.1) is 3.42 Å². The first-order valence-corrected chi connectivity index (χ1v) is 7.46. The number of halogens is 2. The fourth-order valence-electron chi connectivity index (χ4n) is 1.44. The Morgan fingerprint density at radius 3 is 2.43 bits per heavy atom. The number of hydrogen-bond donors (Lipinski definition) is 0. The molecule has 0 aliphatic carbocycles. The second kappa shape index (κ2) is 5.14. The van der Waals surface area contributed by atoms with Gasteiger partial charge in [-0.1, -0.05) is 75.9 Å². The summed E-state index contributed by atoms with van der Waals surface area (Å²) in [4.78, 5) is 0. The van der Waals surface area contributed by atoms with Crippen molar-refractivity contribution in [2.45, 2.75) is 30.6 Å². The molecule has 0 aromatic heterocycles. The molecule has 0 nitrogen and oxygen atoms in total. The third-order valence-corrected chi connectivity index (χ3v) is 6.39. The molecular weight excluding hydrogens is 398 g/mol. The molecule has 2 heteroatoms. The van der Waals surface area contributed by atoms with Crippen molar-refractivity contribution >= 4 is 45.2 Å². The maximum atomic E-state index is 2.55. The van der Waals surface area contributed by atoms with Gasteiger partial charge in [-0.2, -0.15) is 0 Å². The highest BCUT2D eigenvalue weighted by Crippen LogP contribution is 2.34. The highest BCUT2D eigenvalue weighted by Gasteiger charge is 2.21. The van der Waals surface area contributed by atoms with Crippen molar-refractivity contribution in [3.05, 3.63) is 34.9 Å². The summed E-state index contributed by atoms with van der Waals surface area (Å²) >= 11 is 5.01. The van der Waals surface area contributed by atoms with Gasteiger partial charge in [-0.05, 0) is 31.4 Å². The standard InChI is InChI=1S/C12H16I2/c1-4-10-5-9(2)6-11(7-10)12(3,14)8-13/h5-7H,4,8H2,1-3H3/t12-/m1/s1. The zero-order chi connectivity index (χ0) is 10.8. The van der Waals surface area contributed by atoms with Crippen molar-refractivity contribution in [2.75, 3.05) is 4.43 Å². The van der Waals surface area contributed by atoms with Gasteiger partial charge in [0.15, 0.2) is 0 Å². The average molecular weight is 414 g/mol. The Bertz CT molecular complexity index is 316. The molecule has 0 saturated heterocycles. The minimum Gasteiger partial charge on any atom is -0.0846 e. The highest BCUT2D eigenvalue weighted by atomic mass is 127. The van der Waals surface area contributed by atoms with Crippen LogP contribution in [0.15, 0.2) is 18.2 Å². The first-order chi connectivity index (χ1) is 6.49. The van der Waals surface area contributed by atoms with E-state index in [1.165, 1.54) is 16.7 Å². The zero-order valence-corrected chi connectivity index (χ0v) is 13.2. The van der Waals surface area contributed by atoms with Crippen LogP contribution < -0.4 is 0 Å². The number of benzene rings is 1. The van der Waals surface area contributed by atoms with Gasteiger partial charge < -0.3 is 0 Å². The zero-order valence-electron chi connectivity index (χ0n) is 8.90. The van der Waals surface area contributed by atoms with E-state index in [9.17, 15) is 0 Å². The van der Waals surface area contributed by atoms with Crippen molar-refractivity contribution in [3.8, 4) is 0 Å². The Morgan fingerprint density at radius 1 is 1.29 bits per heavy atom. The lowest BCUT2D eigenvalue weighted by Gasteiger charge is -2.21. The van der Waals surface area contributed by atoms with Crippen LogP contribution in [-0.2, 0) is 9.84 Å². The van der Waals surface area contributed by atoms with Gasteiger partial charge in [0.2, 0.25) is 0 Å².